The van der Waals surface area contributed by atoms with Gasteiger partial charge in [0.05, 0.1) is 0 Å². The molecule has 20 heavy (non-hydrogen) atoms. The van der Waals surface area contributed by atoms with Crippen molar-refractivity contribution in [2.24, 2.45) is 0 Å². The number of thioether (sulfide) groups is 1. The van der Waals surface area contributed by atoms with Gasteiger partial charge in [0.25, 0.3) is 0 Å². The molecule has 0 amide bonds. The number of anilines is 2. The van der Waals surface area contributed by atoms with Crippen LogP contribution in [0.1, 0.15) is 45.4 Å². The first-order chi connectivity index (χ1) is 9.70. The van der Waals surface area contributed by atoms with Gasteiger partial charge in [-0.2, -0.15) is 11.8 Å². The standard InChI is InChI=1S/C15H26N4S/c1-4-6-16-13-11-14(18-15(17-13)12(2)3)19-7-5-9-20-10-8-19/h11-12H,4-10H2,1-3H3,(H,16,17,18). The summed E-state index contributed by atoms with van der Waals surface area (Å²) in [6.07, 6.45) is 2.35. The number of rotatable bonds is 5. The topological polar surface area (TPSA) is 41.0 Å². The van der Waals surface area contributed by atoms with E-state index < -0.39 is 0 Å². The average molecular weight is 294 g/mol. The molecule has 0 unspecified atom stereocenters. The molecule has 1 N–H and O–H groups in total. The van der Waals surface area contributed by atoms with E-state index in [9.17, 15) is 0 Å². The Balaban J connectivity index is 2.22. The third-order valence-electron chi connectivity index (χ3n) is 3.35. The monoisotopic (exact) mass is 294 g/mol. The van der Waals surface area contributed by atoms with Gasteiger partial charge in [-0.1, -0.05) is 20.8 Å². The van der Waals surface area contributed by atoms with Crippen LogP contribution in [-0.2, 0) is 0 Å². The van der Waals surface area contributed by atoms with Crippen LogP contribution in [-0.4, -0.2) is 41.1 Å². The first-order valence-electron chi connectivity index (χ1n) is 7.66. The van der Waals surface area contributed by atoms with Crippen LogP contribution in [0.5, 0.6) is 0 Å². The molecule has 5 heteroatoms. The molecule has 4 nitrogen and oxygen atoms in total. The molecule has 0 saturated carbocycles. The molecule has 0 bridgehead atoms. The first kappa shape index (κ1) is 15.4. The number of hydrogen-bond donors (Lipinski definition) is 1. The van der Waals surface area contributed by atoms with Crippen molar-refractivity contribution in [3.05, 3.63) is 11.9 Å². The quantitative estimate of drug-likeness (QED) is 0.901. The minimum atomic E-state index is 0.360. The van der Waals surface area contributed by atoms with Gasteiger partial charge >= 0.3 is 0 Å². The van der Waals surface area contributed by atoms with E-state index in [0.717, 1.165) is 43.5 Å². The van der Waals surface area contributed by atoms with E-state index in [1.54, 1.807) is 0 Å². The Morgan fingerprint density at radius 2 is 2.15 bits per heavy atom. The minimum Gasteiger partial charge on any atom is -0.370 e. The first-order valence-corrected chi connectivity index (χ1v) is 8.81. The van der Waals surface area contributed by atoms with Crippen molar-refractivity contribution in [1.82, 2.24) is 9.97 Å². The molecule has 0 atom stereocenters. The zero-order chi connectivity index (χ0) is 14.4. The lowest BCUT2D eigenvalue weighted by atomic mass is 10.2. The second kappa shape index (κ2) is 7.72. The predicted octanol–water partition coefficient (Wildman–Crippen LogP) is 3.37. The van der Waals surface area contributed by atoms with Gasteiger partial charge in [0.2, 0.25) is 0 Å². The second-order valence-corrected chi connectivity index (χ2v) is 6.73. The molecule has 1 aromatic heterocycles. The van der Waals surface area contributed by atoms with Gasteiger partial charge in [-0.25, -0.2) is 9.97 Å². The molecule has 112 valence electrons. The molecule has 0 aliphatic carbocycles. The van der Waals surface area contributed by atoms with Crippen LogP contribution in [0.3, 0.4) is 0 Å². The maximum absolute atomic E-state index is 4.77. The predicted molar refractivity (Wildman–Crippen MR) is 89.1 cm³/mol. The van der Waals surface area contributed by atoms with Crippen LogP contribution < -0.4 is 10.2 Å². The van der Waals surface area contributed by atoms with Gasteiger partial charge in [-0.3, -0.25) is 0 Å². The molecule has 1 aromatic rings. The Labute approximate surface area is 126 Å². The van der Waals surface area contributed by atoms with Crippen LogP contribution >= 0.6 is 11.8 Å². The summed E-state index contributed by atoms with van der Waals surface area (Å²) < 4.78 is 0. The van der Waals surface area contributed by atoms with E-state index in [1.807, 2.05) is 11.8 Å². The molecule has 0 spiro atoms. The summed E-state index contributed by atoms with van der Waals surface area (Å²) in [7, 11) is 0. The zero-order valence-electron chi connectivity index (χ0n) is 12.9. The molecule has 0 radical (unpaired) electrons. The van der Waals surface area contributed by atoms with Crippen LogP contribution in [0.2, 0.25) is 0 Å². The summed E-state index contributed by atoms with van der Waals surface area (Å²) >= 11 is 2.04. The normalized spacial score (nSPS) is 16.3. The van der Waals surface area contributed by atoms with Crippen molar-refractivity contribution < 1.29 is 0 Å². The van der Waals surface area contributed by atoms with E-state index in [4.69, 9.17) is 4.98 Å². The smallest absolute Gasteiger partial charge is 0.135 e. The Bertz CT molecular complexity index is 414. The molecule has 1 aliphatic rings. The van der Waals surface area contributed by atoms with Crippen molar-refractivity contribution in [3.8, 4) is 0 Å². The van der Waals surface area contributed by atoms with E-state index in [2.05, 4.69) is 42.0 Å². The van der Waals surface area contributed by atoms with E-state index >= 15 is 0 Å². The van der Waals surface area contributed by atoms with E-state index in [-0.39, 0.29) is 0 Å². The molecule has 1 aliphatic heterocycles. The summed E-state index contributed by atoms with van der Waals surface area (Å²) in [5.74, 6) is 5.82. The molecule has 1 saturated heterocycles. The van der Waals surface area contributed by atoms with Crippen molar-refractivity contribution in [3.63, 3.8) is 0 Å². The summed E-state index contributed by atoms with van der Waals surface area (Å²) in [6.45, 7) is 9.64. The van der Waals surface area contributed by atoms with Crippen LogP contribution in [0.15, 0.2) is 6.07 Å². The van der Waals surface area contributed by atoms with Gasteiger partial charge in [-0.05, 0) is 18.6 Å². The van der Waals surface area contributed by atoms with Crippen molar-refractivity contribution >= 4 is 23.4 Å². The maximum Gasteiger partial charge on any atom is 0.135 e. The summed E-state index contributed by atoms with van der Waals surface area (Å²) in [5.41, 5.74) is 0. The summed E-state index contributed by atoms with van der Waals surface area (Å²) in [5, 5.41) is 3.40. The lowest BCUT2D eigenvalue weighted by Crippen LogP contribution is -2.27. The largest absolute Gasteiger partial charge is 0.370 e. The fourth-order valence-corrected chi connectivity index (χ4v) is 3.08. The summed E-state index contributed by atoms with van der Waals surface area (Å²) in [6, 6.07) is 2.11. The van der Waals surface area contributed by atoms with Gasteiger partial charge < -0.3 is 10.2 Å². The highest BCUT2D eigenvalue weighted by atomic mass is 32.2. The van der Waals surface area contributed by atoms with Crippen LogP contribution in [0.25, 0.3) is 0 Å². The van der Waals surface area contributed by atoms with Crippen molar-refractivity contribution in [1.29, 1.82) is 0 Å². The zero-order valence-corrected chi connectivity index (χ0v) is 13.7. The summed E-state index contributed by atoms with van der Waals surface area (Å²) in [4.78, 5) is 11.8. The van der Waals surface area contributed by atoms with Gasteiger partial charge in [-0.15, -0.1) is 0 Å². The molecule has 2 heterocycles. The van der Waals surface area contributed by atoms with E-state index in [0.29, 0.717) is 5.92 Å². The number of nitrogens with zero attached hydrogens (tertiary/aromatic N) is 3. The third kappa shape index (κ3) is 4.27. The fraction of sp³-hybridized carbons (Fsp3) is 0.733. The van der Waals surface area contributed by atoms with Gasteiger partial charge in [0.15, 0.2) is 0 Å². The van der Waals surface area contributed by atoms with Crippen molar-refractivity contribution in [2.45, 2.75) is 39.5 Å². The van der Waals surface area contributed by atoms with Crippen molar-refractivity contribution in [2.75, 3.05) is 41.4 Å². The van der Waals surface area contributed by atoms with E-state index in [1.165, 1.54) is 17.9 Å². The van der Waals surface area contributed by atoms with Gasteiger partial charge in [0, 0.05) is 37.4 Å². The second-order valence-electron chi connectivity index (χ2n) is 5.50. The maximum atomic E-state index is 4.77. The minimum absolute atomic E-state index is 0.360. The lowest BCUT2D eigenvalue weighted by molar-refractivity contribution is 0.746. The number of aromatic nitrogens is 2. The molecule has 2 rings (SSSR count). The number of hydrogen-bond acceptors (Lipinski definition) is 5. The Hall–Kier alpha value is -0.970. The highest BCUT2D eigenvalue weighted by molar-refractivity contribution is 7.99. The molecular weight excluding hydrogens is 268 g/mol. The third-order valence-corrected chi connectivity index (χ3v) is 4.40. The van der Waals surface area contributed by atoms with Crippen LogP contribution in [0, 0.1) is 0 Å². The fourth-order valence-electron chi connectivity index (χ4n) is 2.19. The Morgan fingerprint density at radius 1 is 1.30 bits per heavy atom. The molecular formula is C15H26N4S. The lowest BCUT2D eigenvalue weighted by Gasteiger charge is -2.23. The highest BCUT2D eigenvalue weighted by Crippen LogP contribution is 2.22. The Kier molecular flexibility index (Phi) is 5.95. The molecule has 0 aromatic carbocycles. The van der Waals surface area contributed by atoms with Crippen LogP contribution in [0.4, 0.5) is 11.6 Å². The molecule has 1 fully saturated rings. The van der Waals surface area contributed by atoms with Gasteiger partial charge in [0.1, 0.15) is 17.5 Å². The highest BCUT2D eigenvalue weighted by Gasteiger charge is 2.15. The average Bonchev–Trinajstić information content (AvgIpc) is 2.73. The SMILES string of the molecule is CCCNc1cc(N2CCCSCC2)nc(C(C)C)n1. The number of nitrogens with one attached hydrogen (secondary N) is 1. The Morgan fingerprint density at radius 3 is 2.90 bits per heavy atom.